The minimum Gasteiger partial charge on any atom is -0.493 e. The Balaban J connectivity index is 1.95. The number of aliphatic hydroxyl groups excluding tert-OH is 1. The maximum atomic E-state index is 13.8. The normalized spacial score (nSPS) is 11.5. The van der Waals surface area contributed by atoms with Crippen LogP contribution in [0.3, 0.4) is 0 Å². The van der Waals surface area contributed by atoms with Crippen LogP contribution in [0.4, 0.5) is 4.39 Å². The molecule has 1 unspecified atom stereocenters. The second-order valence-corrected chi connectivity index (χ2v) is 8.59. The topological polar surface area (TPSA) is 88.1 Å². The Bertz CT molecular complexity index is 1150. The highest BCUT2D eigenvalue weighted by molar-refractivity contribution is 5.88. The van der Waals surface area contributed by atoms with Crippen molar-refractivity contribution in [3.05, 3.63) is 95.3 Å². The van der Waals surface area contributed by atoms with Gasteiger partial charge in [-0.3, -0.25) is 9.59 Å². The first-order valence-electron chi connectivity index (χ1n) is 12.1. The van der Waals surface area contributed by atoms with Crippen LogP contribution >= 0.6 is 0 Å². The van der Waals surface area contributed by atoms with Gasteiger partial charge in [-0.2, -0.15) is 0 Å². The van der Waals surface area contributed by atoms with Crippen LogP contribution in [0.1, 0.15) is 23.1 Å². The van der Waals surface area contributed by atoms with Gasteiger partial charge in [0, 0.05) is 26.1 Å². The number of amides is 2. The number of aliphatic hydroxyl groups is 1. The quantitative estimate of drug-likeness (QED) is 0.345. The summed E-state index contributed by atoms with van der Waals surface area (Å²) in [6, 6.07) is 19.8. The van der Waals surface area contributed by atoms with Crippen molar-refractivity contribution in [1.82, 2.24) is 10.2 Å². The number of benzene rings is 3. The first-order chi connectivity index (χ1) is 17.9. The molecule has 2 N–H and O–H groups in total. The van der Waals surface area contributed by atoms with E-state index in [2.05, 4.69) is 5.32 Å². The smallest absolute Gasteiger partial charge is 0.243 e. The van der Waals surface area contributed by atoms with Crippen molar-refractivity contribution in [2.75, 3.05) is 27.4 Å². The van der Waals surface area contributed by atoms with E-state index in [1.165, 1.54) is 31.3 Å². The van der Waals surface area contributed by atoms with Gasteiger partial charge in [-0.1, -0.05) is 48.5 Å². The molecule has 0 aliphatic heterocycles. The molecule has 0 aliphatic carbocycles. The number of rotatable bonds is 13. The first kappa shape index (κ1) is 27.7. The van der Waals surface area contributed by atoms with E-state index in [0.29, 0.717) is 35.5 Å². The van der Waals surface area contributed by atoms with Crippen molar-refractivity contribution < 1.29 is 28.6 Å². The SMILES string of the molecule is COc1ccc(CC(=O)N(Cc2ccc(F)cc2)C(Cc2ccccc2)C(=O)NCCCO)cc1OC. The lowest BCUT2D eigenvalue weighted by molar-refractivity contribution is -0.140. The number of methoxy groups -OCH3 is 2. The first-order valence-corrected chi connectivity index (χ1v) is 12.1. The van der Waals surface area contributed by atoms with Crippen molar-refractivity contribution in [1.29, 1.82) is 0 Å². The van der Waals surface area contributed by atoms with Gasteiger partial charge < -0.3 is 24.8 Å². The summed E-state index contributed by atoms with van der Waals surface area (Å²) in [6.07, 6.45) is 0.725. The fourth-order valence-electron chi connectivity index (χ4n) is 4.02. The van der Waals surface area contributed by atoms with Gasteiger partial charge in [-0.15, -0.1) is 0 Å². The Hall–Kier alpha value is -3.91. The summed E-state index contributed by atoms with van der Waals surface area (Å²) in [7, 11) is 3.06. The molecule has 3 rings (SSSR count). The molecule has 0 aromatic heterocycles. The third-order valence-electron chi connectivity index (χ3n) is 5.97. The van der Waals surface area contributed by atoms with Crippen LogP contribution in [-0.4, -0.2) is 55.2 Å². The van der Waals surface area contributed by atoms with E-state index in [0.717, 1.165) is 5.56 Å². The lowest BCUT2D eigenvalue weighted by atomic mass is 10.0. The standard InChI is InChI=1S/C29H33FN2O5/c1-36-26-14-11-23(18-27(26)37-2)19-28(34)32(20-22-9-12-24(30)13-10-22)25(29(35)31-15-6-16-33)17-21-7-4-3-5-8-21/h3-5,7-14,18,25,33H,6,15-17,19-20H2,1-2H3,(H,31,35). The van der Waals surface area contributed by atoms with Crippen molar-refractivity contribution in [3.8, 4) is 11.5 Å². The van der Waals surface area contributed by atoms with Gasteiger partial charge in [0.2, 0.25) is 11.8 Å². The molecule has 2 amide bonds. The maximum absolute atomic E-state index is 13.8. The van der Waals surface area contributed by atoms with Gasteiger partial charge in [0.05, 0.1) is 20.6 Å². The van der Waals surface area contributed by atoms with E-state index in [-0.39, 0.29) is 43.7 Å². The average molecular weight is 509 g/mol. The molecule has 0 spiro atoms. The monoisotopic (exact) mass is 508 g/mol. The Morgan fingerprint density at radius 2 is 1.59 bits per heavy atom. The average Bonchev–Trinajstić information content (AvgIpc) is 2.92. The number of carbonyl (C=O) groups excluding carboxylic acids is 2. The molecular formula is C29H33FN2O5. The van der Waals surface area contributed by atoms with Crippen LogP contribution in [0.15, 0.2) is 72.8 Å². The Morgan fingerprint density at radius 3 is 2.24 bits per heavy atom. The number of ether oxygens (including phenoxy) is 2. The van der Waals surface area contributed by atoms with Crippen LogP contribution in [0.25, 0.3) is 0 Å². The highest BCUT2D eigenvalue weighted by Crippen LogP contribution is 2.28. The van der Waals surface area contributed by atoms with Crippen molar-refractivity contribution in [2.45, 2.75) is 31.8 Å². The molecular weight excluding hydrogens is 475 g/mol. The van der Waals surface area contributed by atoms with Crippen molar-refractivity contribution in [2.24, 2.45) is 0 Å². The van der Waals surface area contributed by atoms with Gasteiger partial charge in [-0.05, 0) is 47.4 Å². The highest BCUT2D eigenvalue weighted by Gasteiger charge is 2.30. The fourth-order valence-corrected chi connectivity index (χ4v) is 4.02. The van der Waals surface area contributed by atoms with Gasteiger partial charge in [-0.25, -0.2) is 4.39 Å². The third-order valence-corrected chi connectivity index (χ3v) is 5.97. The summed E-state index contributed by atoms with van der Waals surface area (Å²) in [6.45, 7) is 0.355. The summed E-state index contributed by atoms with van der Waals surface area (Å²) in [5.41, 5.74) is 2.29. The van der Waals surface area contributed by atoms with Crippen LogP contribution in [0.2, 0.25) is 0 Å². The van der Waals surface area contributed by atoms with E-state index in [1.807, 2.05) is 30.3 Å². The lowest BCUT2D eigenvalue weighted by Gasteiger charge is -2.32. The minimum absolute atomic E-state index is 0.0246. The molecule has 37 heavy (non-hydrogen) atoms. The zero-order valence-corrected chi connectivity index (χ0v) is 21.2. The second kappa shape index (κ2) is 14.0. The van der Waals surface area contributed by atoms with Gasteiger partial charge in [0.1, 0.15) is 11.9 Å². The number of nitrogens with zero attached hydrogens (tertiary/aromatic N) is 1. The number of halogens is 1. The molecule has 1 atom stereocenters. The molecule has 0 bridgehead atoms. The van der Waals surface area contributed by atoms with Gasteiger partial charge in [0.25, 0.3) is 0 Å². The van der Waals surface area contributed by atoms with Crippen molar-refractivity contribution in [3.63, 3.8) is 0 Å². The van der Waals surface area contributed by atoms with Crippen LogP contribution < -0.4 is 14.8 Å². The predicted octanol–water partition coefficient (Wildman–Crippen LogP) is 3.52. The lowest BCUT2D eigenvalue weighted by Crippen LogP contribution is -2.51. The summed E-state index contributed by atoms with van der Waals surface area (Å²) in [5, 5.41) is 12.0. The Kier molecular flexibility index (Phi) is 10.5. The van der Waals surface area contributed by atoms with Crippen LogP contribution in [-0.2, 0) is 29.0 Å². The summed E-state index contributed by atoms with van der Waals surface area (Å²) in [5.74, 6) is 0.0805. The maximum Gasteiger partial charge on any atom is 0.243 e. The molecule has 0 aliphatic rings. The largest absolute Gasteiger partial charge is 0.493 e. The van der Waals surface area contributed by atoms with Crippen LogP contribution in [0.5, 0.6) is 11.5 Å². The fraction of sp³-hybridized carbons (Fsp3) is 0.310. The molecule has 7 nitrogen and oxygen atoms in total. The molecule has 196 valence electrons. The number of carbonyl (C=O) groups is 2. The predicted molar refractivity (Wildman–Crippen MR) is 139 cm³/mol. The number of hydrogen-bond donors (Lipinski definition) is 2. The zero-order valence-electron chi connectivity index (χ0n) is 21.2. The Labute approximate surface area is 216 Å². The van der Waals surface area contributed by atoms with Crippen LogP contribution in [0, 0.1) is 5.82 Å². The molecule has 3 aromatic carbocycles. The van der Waals surface area contributed by atoms with Crippen molar-refractivity contribution >= 4 is 11.8 Å². The highest BCUT2D eigenvalue weighted by atomic mass is 19.1. The molecule has 0 radical (unpaired) electrons. The summed E-state index contributed by atoms with van der Waals surface area (Å²) >= 11 is 0. The summed E-state index contributed by atoms with van der Waals surface area (Å²) in [4.78, 5) is 28.7. The van der Waals surface area contributed by atoms with E-state index in [9.17, 15) is 14.0 Å². The number of nitrogens with one attached hydrogen (secondary N) is 1. The third kappa shape index (κ3) is 8.05. The molecule has 0 saturated heterocycles. The molecule has 3 aromatic rings. The van der Waals surface area contributed by atoms with E-state index in [1.54, 1.807) is 30.3 Å². The second-order valence-electron chi connectivity index (χ2n) is 8.59. The van der Waals surface area contributed by atoms with E-state index >= 15 is 0 Å². The number of hydrogen-bond acceptors (Lipinski definition) is 5. The van der Waals surface area contributed by atoms with E-state index < -0.39 is 6.04 Å². The molecule has 0 heterocycles. The summed E-state index contributed by atoms with van der Waals surface area (Å²) < 4.78 is 24.2. The van der Waals surface area contributed by atoms with E-state index in [4.69, 9.17) is 14.6 Å². The Morgan fingerprint density at radius 1 is 0.919 bits per heavy atom. The molecule has 0 fully saturated rings. The minimum atomic E-state index is -0.821. The molecule has 0 saturated carbocycles. The molecule has 8 heteroatoms. The van der Waals surface area contributed by atoms with Gasteiger partial charge >= 0.3 is 0 Å². The zero-order chi connectivity index (χ0) is 26.6. The van der Waals surface area contributed by atoms with Gasteiger partial charge in [0.15, 0.2) is 11.5 Å².